The zero-order valence-electron chi connectivity index (χ0n) is 12.3. The van der Waals surface area contributed by atoms with Crippen LogP contribution in [0.15, 0.2) is 4.34 Å². The molecule has 1 fully saturated rings. The lowest BCUT2D eigenvalue weighted by molar-refractivity contribution is -0.119. The molecule has 2 rings (SSSR count). The Bertz CT molecular complexity index is 515. The van der Waals surface area contributed by atoms with Gasteiger partial charge in [-0.15, -0.1) is 0 Å². The molecule has 0 saturated carbocycles. The number of ether oxygens (including phenoxy) is 1. The molecule has 1 aliphatic rings. The Labute approximate surface area is 138 Å². The van der Waals surface area contributed by atoms with E-state index in [1.807, 2.05) is 0 Å². The highest BCUT2D eigenvalue weighted by Gasteiger charge is 2.28. The lowest BCUT2D eigenvalue weighted by atomic mass is 9.87. The van der Waals surface area contributed by atoms with Crippen molar-refractivity contribution in [3.63, 3.8) is 0 Å². The standard InChI is InChI=1S/C13H21N3O2S3/c1-8(2)11-9(4-3-5-18-11)6-14-10(17)7-20-13-16-15-12(19)21-13/h8-9,11H,3-7H2,1-2H3,(H,14,17)(H,15,19)/t9-,11-/m1/s1. The number of carbonyl (C=O) groups is 1. The number of aromatic amines is 1. The van der Waals surface area contributed by atoms with Crippen LogP contribution in [0.25, 0.3) is 0 Å². The maximum atomic E-state index is 11.9. The lowest BCUT2D eigenvalue weighted by Gasteiger charge is -2.34. The first-order chi connectivity index (χ1) is 10.1. The molecule has 8 heteroatoms. The van der Waals surface area contributed by atoms with E-state index in [0.717, 1.165) is 23.8 Å². The molecular weight excluding hydrogens is 326 g/mol. The Balaban J connectivity index is 1.73. The van der Waals surface area contributed by atoms with Gasteiger partial charge in [-0.05, 0) is 31.0 Å². The Morgan fingerprint density at radius 2 is 2.48 bits per heavy atom. The minimum absolute atomic E-state index is 0.0363. The van der Waals surface area contributed by atoms with E-state index in [1.54, 1.807) is 0 Å². The highest BCUT2D eigenvalue weighted by molar-refractivity contribution is 8.01. The Kier molecular flexibility index (Phi) is 6.66. The molecule has 2 N–H and O–H groups in total. The van der Waals surface area contributed by atoms with Crippen molar-refractivity contribution in [3.05, 3.63) is 3.95 Å². The number of aromatic nitrogens is 2. The summed E-state index contributed by atoms with van der Waals surface area (Å²) in [6.07, 6.45) is 2.45. The molecule has 0 aromatic carbocycles. The molecule has 1 aromatic rings. The van der Waals surface area contributed by atoms with Crippen LogP contribution in [0.4, 0.5) is 0 Å². The first kappa shape index (κ1) is 16.9. The van der Waals surface area contributed by atoms with Crippen LogP contribution < -0.4 is 5.32 Å². The van der Waals surface area contributed by atoms with Crippen LogP contribution in [0.1, 0.15) is 26.7 Å². The fraction of sp³-hybridized carbons (Fsp3) is 0.769. The van der Waals surface area contributed by atoms with E-state index in [-0.39, 0.29) is 12.0 Å². The van der Waals surface area contributed by atoms with Gasteiger partial charge < -0.3 is 10.1 Å². The number of H-pyrrole nitrogens is 1. The summed E-state index contributed by atoms with van der Waals surface area (Å²) in [6, 6.07) is 0. The van der Waals surface area contributed by atoms with Gasteiger partial charge in [0.25, 0.3) is 0 Å². The van der Waals surface area contributed by atoms with Crippen molar-refractivity contribution in [3.8, 4) is 0 Å². The third-order valence-electron chi connectivity index (χ3n) is 3.46. The van der Waals surface area contributed by atoms with Crippen molar-refractivity contribution in [1.29, 1.82) is 0 Å². The van der Waals surface area contributed by atoms with E-state index in [2.05, 4.69) is 29.4 Å². The minimum atomic E-state index is 0.0363. The van der Waals surface area contributed by atoms with Gasteiger partial charge in [0, 0.05) is 19.1 Å². The molecule has 1 aromatic heterocycles. The molecule has 21 heavy (non-hydrogen) atoms. The zero-order valence-corrected chi connectivity index (χ0v) is 14.7. The third kappa shape index (κ3) is 5.36. The number of carbonyl (C=O) groups excluding carboxylic acids is 1. The second-order valence-electron chi connectivity index (χ2n) is 5.45. The second-order valence-corrected chi connectivity index (χ2v) is 8.34. The number of nitrogens with zero attached hydrogens (tertiary/aromatic N) is 1. The van der Waals surface area contributed by atoms with Crippen LogP contribution in [0.3, 0.4) is 0 Å². The van der Waals surface area contributed by atoms with E-state index in [1.165, 1.54) is 23.1 Å². The van der Waals surface area contributed by atoms with Gasteiger partial charge in [0.15, 0.2) is 8.29 Å². The van der Waals surface area contributed by atoms with Crippen molar-refractivity contribution >= 4 is 41.2 Å². The Morgan fingerprint density at radius 1 is 1.67 bits per heavy atom. The summed E-state index contributed by atoms with van der Waals surface area (Å²) >= 11 is 7.76. The van der Waals surface area contributed by atoms with Crippen molar-refractivity contribution in [2.45, 2.75) is 37.1 Å². The quantitative estimate of drug-likeness (QED) is 0.612. The van der Waals surface area contributed by atoms with Crippen LogP contribution in [0, 0.1) is 15.8 Å². The first-order valence-electron chi connectivity index (χ1n) is 7.13. The maximum absolute atomic E-state index is 11.9. The van der Waals surface area contributed by atoms with Crippen molar-refractivity contribution in [2.24, 2.45) is 11.8 Å². The van der Waals surface area contributed by atoms with Gasteiger partial charge >= 0.3 is 0 Å². The highest BCUT2D eigenvalue weighted by Crippen LogP contribution is 2.26. The molecule has 1 aliphatic heterocycles. The van der Waals surface area contributed by atoms with Gasteiger partial charge in [0.1, 0.15) is 0 Å². The largest absolute Gasteiger partial charge is 0.378 e. The Morgan fingerprint density at radius 3 is 3.14 bits per heavy atom. The van der Waals surface area contributed by atoms with Crippen LogP contribution in [-0.4, -0.2) is 41.1 Å². The summed E-state index contributed by atoms with van der Waals surface area (Å²) in [6.45, 7) is 5.88. The molecule has 0 bridgehead atoms. The average Bonchev–Trinajstić information content (AvgIpc) is 2.88. The van der Waals surface area contributed by atoms with E-state index in [4.69, 9.17) is 17.0 Å². The van der Waals surface area contributed by atoms with Gasteiger partial charge in [-0.2, -0.15) is 5.10 Å². The van der Waals surface area contributed by atoms with Crippen LogP contribution in [0.5, 0.6) is 0 Å². The molecule has 2 atom stereocenters. The van der Waals surface area contributed by atoms with Crippen LogP contribution >= 0.6 is 35.3 Å². The summed E-state index contributed by atoms with van der Waals surface area (Å²) in [5.74, 6) is 1.31. The molecule has 0 aliphatic carbocycles. The number of nitrogens with one attached hydrogen (secondary N) is 2. The van der Waals surface area contributed by atoms with Crippen LogP contribution in [0.2, 0.25) is 0 Å². The predicted molar refractivity (Wildman–Crippen MR) is 88.3 cm³/mol. The van der Waals surface area contributed by atoms with Crippen molar-refractivity contribution in [2.75, 3.05) is 18.9 Å². The Hall–Kier alpha value is -0.440. The third-order valence-corrected chi connectivity index (χ3v) is 5.69. The van der Waals surface area contributed by atoms with Crippen molar-refractivity contribution < 1.29 is 9.53 Å². The number of rotatable bonds is 6. The smallest absolute Gasteiger partial charge is 0.230 e. The lowest BCUT2D eigenvalue weighted by Crippen LogP contribution is -2.41. The zero-order chi connectivity index (χ0) is 15.2. The summed E-state index contributed by atoms with van der Waals surface area (Å²) in [7, 11) is 0. The SMILES string of the molecule is CC(C)[C@H]1OCCC[C@@H]1CNC(=O)CSc1n[nH]c(=S)s1. The van der Waals surface area contributed by atoms with Gasteiger partial charge in [-0.1, -0.05) is 36.9 Å². The fourth-order valence-electron chi connectivity index (χ4n) is 2.52. The van der Waals surface area contributed by atoms with Gasteiger partial charge in [-0.25, -0.2) is 0 Å². The summed E-state index contributed by atoms with van der Waals surface area (Å²) in [5, 5.41) is 9.75. The predicted octanol–water partition coefficient (Wildman–Crippen LogP) is 2.86. The molecule has 5 nitrogen and oxygen atoms in total. The van der Waals surface area contributed by atoms with Gasteiger partial charge in [0.2, 0.25) is 5.91 Å². The summed E-state index contributed by atoms with van der Waals surface area (Å²) in [4.78, 5) is 11.9. The topological polar surface area (TPSA) is 67.0 Å². The average molecular weight is 348 g/mol. The minimum Gasteiger partial charge on any atom is -0.378 e. The van der Waals surface area contributed by atoms with E-state index in [9.17, 15) is 4.79 Å². The van der Waals surface area contributed by atoms with E-state index >= 15 is 0 Å². The molecular formula is C13H21N3O2S3. The van der Waals surface area contributed by atoms with Gasteiger partial charge in [-0.3, -0.25) is 9.89 Å². The van der Waals surface area contributed by atoms with Crippen molar-refractivity contribution in [1.82, 2.24) is 15.5 Å². The molecule has 1 amide bonds. The van der Waals surface area contributed by atoms with Gasteiger partial charge in [0.05, 0.1) is 11.9 Å². The number of amides is 1. The van der Waals surface area contributed by atoms with E-state index in [0.29, 0.717) is 28.1 Å². The summed E-state index contributed by atoms with van der Waals surface area (Å²) in [5.41, 5.74) is 0. The molecule has 0 spiro atoms. The normalized spacial score (nSPS) is 22.4. The van der Waals surface area contributed by atoms with Crippen LogP contribution in [-0.2, 0) is 9.53 Å². The fourth-order valence-corrected chi connectivity index (χ4v) is 4.43. The number of hydrogen-bond acceptors (Lipinski definition) is 6. The first-order valence-corrected chi connectivity index (χ1v) is 9.34. The second kappa shape index (κ2) is 8.26. The number of hydrogen-bond donors (Lipinski definition) is 2. The highest BCUT2D eigenvalue weighted by atomic mass is 32.2. The molecule has 118 valence electrons. The summed E-state index contributed by atoms with van der Waals surface area (Å²) < 4.78 is 7.27. The molecule has 2 heterocycles. The van der Waals surface area contributed by atoms with E-state index < -0.39 is 0 Å². The molecule has 1 saturated heterocycles. The number of thioether (sulfide) groups is 1. The monoisotopic (exact) mass is 347 g/mol. The molecule has 0 radical (unpaired) electrons. The maximum Gasteiger partial charge on any atom is 0.230 e. The molecule has 0 unspecified atom stereocenters.